The number of fused-ring (bicyclic) bond motifs is 2. The van der Waals surface area contributed by atoms with Gasteiger partial charge in [-0.25, -0.2) is 9.97 Å². The maximum Gasteiger partial charge on any atom is 0.231 e. The second kappa shape index (κ2) is 7.70. The zero-order valence-corrected chi connectivity index (χ0v) is 16.1. The lowest BCUT2D eigenvalue weighted by molar-refractivity contribution is 0.174. The Bertz CT molecular complexity index is 1200. The molecule has 0 spiro atoms. The summed E-state index contributed by atoms with van der Waals surface area (Å²) in [5, 5.41) is 6.53. The normalized spacial score (nSPS) is 12.0. The van der Waals surface area contributed by atoms with Crippen molar-refractivity contribution >= 4 is 28.6 Å². The summed E-state index contributed by atoms with van der Waals surface area (Å²) in [4.78, 5) is 17.8. The van der Waals surface area contributed by atoms with Crippen LogP contribution in [0.2, 0.25) is 0 Å². The molecule has 2 aromatic heterocycles. The Kier molecular flexibility index (Phi) is 4.60. The first-order chi connectivity index (χ1) is 14.8. The quantitative estimate of drug-likeness (QED) is 0.501. The maximum absolute atomic E-state index is 5.43. The molecule has 0 radical (unpaired) electrons. The van der Waals surface area contributed by atoms with Gasteiger partial charge in [0.15, 0.2) is 28.5 Å². The molecule has 9 nitrogen and oxygen atoms in total. The number of nitrogens with one attached hydrogen (secondary N) is 2. The summed E-state index contributed by atoms with van der Waals surface area (Å²) in [5.74, 6) is 3.27. The number of anilines is 3. The summed E-state index contributed by atoms with van der Waals surface area (Å²) in [5.41, 5.74) is 2.95. The fourth-order valence-corrected chi connectivity index (χ4v) is 3.07. The van der Waals surface area contributed by atoms with E-state index < -0.39 is 0 Å². The highest BCUT2D eigenvalue weighted by Crippen LogP contribution is 2.32. The molecular formula is C21H18N6O3. The highest BCUT2D eigenvalue weighted by atomic mass is 16.7. The van der Waals surface area contributed by atoms with Crippen LogP contribution in [0.5, 0.6) is 17.2 Å². The van der Waals surface area contributed by atoms with Crippen LogP contribution in [-0.2, 0) is 6.54 Å². The number of aromatic nitrogens is 4. The third-order valence-corrected chi connectivity index (χ3v) is 4.57. The minimum absolute atomic E-state index is 0.249. The monoisotopic (exact) mass is 402 g/mol. The lowest BCUT2D eigenvalue weighted by Gasteiger charge is -2.11. The molecule has 0 aliphatic carbocycles. The smallest absolute Gasteiger partial charge is 0.231 e. The lowest BCUT2D eigenvalue weighted by Crippen LogP contribution is -2.07. The van der Waals surface area contributed by atoms with Crippen LogP contribution in [0.15, 0.2) is 54.9 Å². The van der Waals surface area contributed by atoms with Gasteiger partial charge in [-0.05, 0) is 42.0 Å². The Labute approximate surface area is 172 Å². The fourth-order valence-electron chi connectivity index (χ4n) is 3.07. The standard InChI is InChI=1S/C21H18N6O3/c1-28-15-5-3-14(4-6-15)25-20-18-19(23-9-8-22-18)26-21(27-20)24-11-13-2-7-16-17(10-13)30-12-29-16/h2-10H,11-12H2,1H3,(H2,23,24,25,26,27). The van der Waals surface area contributed by atoms with Crippen LogP contribution in [0.3, 0.4) is 0 Å². The predicted molar refractivity (Wildman–Crippen MR) is 111 cm³/mol. The molecule has 30 heavy (non-hydrogen) atoms. The summed E-state index contributed by atoms with van der Waals surface area (Å²) in [7, 11) is 1.63. The highest BCUT2D eigenvalue weighted by molar-refractivity contribution is 5.85. The molecular weight excluding hydrogens is 384 g/mol. The number of nitrogens with zero attached hydrogens (tertiary/aromatic N) is 4. The van der Waals surface area contributed by atoms with Crippen LogP contribution in [0, 0.1) is 0 Å². The van der Waals surface area contributed by atoms with Gasteiger partial charge >= 0.3 is 0 Å². The van der Waals surface area contributed by atoms with Crippen molar-refractivity contribution in [3.8, 4) is 17.2 Å². The molecule has 9 heteroatoms. The minimum Gasteiger partial charge on any atom is -0.497 e. The van der Waals surface area contributed by atoms with E-state index in [1.165, 1.54) is 0 Å². The number of hydrogen-bond donors (Lipinski definition) is 2. The van der Waals surface area contributed by atoms with E-state index in [1.54, 1.807) is 19.5 Å². The summed E-state index contributed by atoms with van der Waals surface area (Å²) < 4.78 is 16.0. The molecule has 150 valence electrons. The van der Waals surface area contributed by atoms with Crippen molar-refractivity contribution in [1.82, 2.24) is 19.9 Å². The van der Waals surface area contributed by atoms with Crippen LogP contribution in [-0.4, -0.2) is 33.8 Å². The van der Waals surface area contributed by atoms with E-state index in [1.807, 2.05) is 42.5 Å². The first kappa shape index (κ1) is 17.9. The molecule has 5 rings (SSSR count). The van der Waals surface area contributed by atoms with Crippen LogP contribution in [0.4, 0.5) is 17.5 Å². The van der Waals surface area contributed by atoms with E-state index in [0.717, 1.165) is 28.5 Å². The number of rotatable bonds is 6. The molecule has 1 aliphatic heterocycles. The minimum atomic E-state index is 0.249. The fraction of sp³-hybridized carbons (Fsp3) is 0.143. The molecule has 0 bridgehead atoms. The van der Waals surface area contributed by atoms with Crippen molar-refractivity contribution in [1.29, 1.82) is 0 Å². The van der Waals surface area contributed by atoms with Crippen molar-refractivity contribution < 1.29 is 14.2 Å². The Balaban J connectivity index is 1.41. The second-order valence-electron chi connectivity index (χ2n) is 6.52. The van der Waals surface area contributed by atoms with Gasteiger partial charge in [0.05, 0.1) is 7.11 Å². The van der Waals surface area contributed by atoms with E-state index in [-0.39, 0.29) is 6.79 Å². The van der Waals surface area contributed by atoms with Crippen LogP contribution >= 0.6 is 0 Å². The molecule has 3 heterocycles. The topological polar surface area (TPSA) is 103 Å². The van der Waals surface area contributed by atoms with Gasteiger partial charge in [-0.3, -0.25) is 0 Å². The van der Waals surface area contributed by atoms with Gasteiger partial charge in [-0.15, -0.1) is 0 Å². The first-order valence-electron chi connectivity index (χ1n) is 9.31. The van der Waals surface area contributed by atoms with E-state index in [0.29, 0.717) is 29.5 Å². The summed E-state index contributed by atoms with van der Waals surface area (Å²) in [6, 6.07) is 13.4. The third-order valence-electron chi connectivity index (χ3n) is 4.57. The Morgan fingerprint density at radius 3 is 2.67 bits per heavy atom. The van der Waals surface area contributed by atoms with E-state index in [4.69, 9.17) is 14.2 Å². The zero-order valence-electron chi connectivity index (χ0n) is 16.1. The average molecular weight is 402 g/mol. The molecule has 0 fully saturated rings. The summed E-state index contributed by atoms with van der Waals surface area (Å²) in [6.45, 7) is 0.767. The van der Waals surface area contributed by atoms with Crippen LogP contribution < -0.4 is 24.8 Å². The number of methoxy groups -OCH3 is 1. The lowest BCUT2D eigenvalue weighted by atomic mass is 10.2. The summed E-state index contributed by atoms with van der Waals surface area (Å²) >= 11 is 0. The number of ether oxygens (including phenoxy) is 3. The number of hydrogen-bond acceptors (Lipinski definition) is 9. The van der Waals surface area contributed by atoms with Crippen LogP contribution in [0.1, 0.15) is 5.56 Å². The molecule has 0 saturated carbocycles. The SMILES string of the molecule is COc1ccc(Nc2nc(NCc3ccc4c(c3)OCO4)nc3nccnc23)cc1. The molecule has 1 aliphatic rings. The zero-order chi connectivity index (χ0) is 20.3. The van der Waals surface area contributed by atoms with Crippen molar-refractivity contribution in [2.75, 3.05) is 24.5 Å². The molecule has 0 amide bonds. The van der Waals surface area contributed by atoms with Crippen molar-refractivity contribution in [2.45, 2.75) is 6.54 Å². The van der Waals surface area contributed by atoms with Gasteiger partial charge in [0.2, 0.25) is 12.7 Å². The average Bonchev–Trinajstić information content (AvgIpc) is 3.26. The van der Waals surface area contributed by atoms with Crippen molar-refractivity contribution in [3.05, 3.63) is 60.4 Å². The third kappa shape index (κ3) is 3.60. The number of benzene rings is 2. The van der Waals surface area contributed by atoms with Gasteiger partial charge in [-0.2, -0.15) is 9.97 Å². The Hall–Kier alpha value is -4.14. The van der Waals surface area contributed by atoms with Crippen molar-refractivity contribution in [2.24, 2.45) is 0 Å². The van der Waals surface area contributed by atoms with E-state index in [9.17, 15) is 0 Å². The van der Waals surface area contributed by atoms with Crippen LogP contribution in [0.25, 0.3) is 11.2 Å². The largest absolute Gasteiger partial charge is 0.497 e. The van der Waals surface area contributed by atoms with Crippen molar-refractivity contribution in [3.63, 3.8) is 0 Å². The second-order valence-corrected chi connectivity index (χ2v) is 6.52. The van der Waals surface area contributed by atoms with Gasteiger partial charge in [0, 0.05) is 24.6 Å². The van der Waals surface area contributed by atoms with Gasteiger partial charge < -0.3 is 24.8 Å². The van der Waals surface area contributed by atoms with E-state index >= 15 is 0 Å². The predicted octanol–water partition coefficient (Wildman–Crippen LogP) is 3.51. The Morgan fingerprint density at radius 1 is 0.967 bits per heavy atom. The van der Waals surface area contributed by atoms with Gasteiger partial charge in [0.1, 0.15) is 5.75 Å². The Morgan fingerprint density at radius 2 is 1.80 bits per heavy atom. The van der Waals surface area contributed by atoms with E-state index in [2.05, 4.69) is 30.6 Å². The first-order valence-corrected chi connectivity index (χ1v) is 9.31. The maximum atomic E-state index is 5.43. The molecule has 0 saturated heterocycles. The van der Waals surface area contributed by atoms with Gasteiger partial charge in [-0.1, -0.05) is 6.07 Å². The molecule has 2 N–H and O–H groups in total. The summed E-state index contributed by atoms with van der Waals surface area (Å²) in [6.07, 6.45) is 3.22. The molecule has 0 atom stereocenters. The molecule has 2 aromatic carbocycles. The highest BCUT2D eigenvalue weighted by Gasteiger charge is 2.14. The van der Waals surface area contributed by atoms with Gasteiger partial charge in [0.25, 0.3) is 0 Å². The molecule has 4 aromatic rings. The molecule has 0 unspecified atom stereocenters.